The van der Waals surface area contributed by atoms with E-state index < -0.39 is 52.4 Å². The Labute approximate surface area is 227 Å². The van der Waals surface area contributed by atoms with Crippen molar-refractivity contribution >= 4 is 38.9 Å². The Morgan fingerprint density at radius 3 is 2.03 bits per heavy atom. The lowest BCUT2D eigenvalue weighted by Crippen LogP contribution is -2.48. The van der Waals surface area contributed by atoms with E-state index in [9.17, 15) is 22.8 Å². The molecule has 2 aromatic carbocycles. The van der Waals surface area contributed by atoms with Crippen LogP contribution in [0.5, 0.6) is 0 Å². The second-order valence-corrected chi connectivity index (χ2v) is 12.5. The molecular formula is C27H32N4O7S. The monoisotopic (exact) mass is 556 g/mol. The third-order valence-corrected chi connectivity index (χ3v) is 6.84. The minimum Gasteiger partial charge on any atom is -0.443 e. The lowest BCUT2D eigenvalue weighted by Gasteiger charge is -2.30. The number of hydrogen-bond donors (Lipinski definition) is 0. The number of fused-ring (bicyclic) bond motifs is 1. The van der Waals surface area contributed by atoms with Gasteiger partial charge in [0.05, 0.1) is 24.2 Å². The molecule has 208 valence electrons. The summed E-state index contributed by atoms with van der Waals surface area (Å²) in [7, 11) is -4.47. The van der Waals surface area contributed by atoms with Crippen molar-refractivity contribution in [3.05, 3.63) is 66.7 Å². The third kappa shape index (κ3) is 7.73. The molecule has 1 aromatic heterocycles. The molecule has 0 aliphatic carbocycles. The summed E-state index contributed by atoms with van der Waals surface area (Å²) < 4.78 is 38.7. The summed E-state index contributed by atoms with van der Waals surface area (Å²) >= 11 is 0. The summed E-state index contributed by atoms with van der Waals surface area (Å²) in [5, 5.41) is 1.46. The van der Waals surface area contributed by atoms with Crippen LogP contribution in [0, 0.1) is 0 Å². The molecule has 0 atom stereocenters. The second kappa shape index (κ2) is 11.4. The van der Waals surface area contributed by atoms with Gasteiger partial charge in [-0.3, -0.25) is 9.78 Å². The molecule has 0 spiro atoms. The molecular weight excluding hydrogens is 524 g/mol. The number of amides is 3. The van der Waals surface area contributed by atoms with Crippen LogP contribution in [0.4, 0.5) is 9.59 Å². The number of carbonyl (C=O) groups is 3. The highest BCUT2D eigenvalue weighted by Crippen LogP contribution is 2.24. The molecule has 11 nitrogen and oxygen atoms in total. The van der Waals surface area contributed by atoms with Gasteiger partial charge in [0.2, 0.25) is 0 Å². The predicted octanol–water partition coefficient (Wildman–Crippen LogP) is 4.63. The van der Waals surface area contributed by atoms with Crippen LogP contribution in [0.15, 0.2) is 66.0 Å². The average molecular weight is 557 g/mol. The number of hydrogen-bond acceptors (Lipinski definition) is 9. The molecule has 1 heterocycles. The first kappa shape index (κ1) is 29.5. The van der Waals surface area contributed by atoms with Gasteiger partial charge in [-0.25, -0.2) is 27.9 Å². The Balaban J connectivity index is 2.00. The smallest absolute Gasteiger partial charge is 0.424 e. The number of rotatable bonds is 6. The quantitative estimate of drug-likeness (QED) is 0.425. The number of ether oxygens (including phenoxy) is 2. The van der Waals surface area contributed by atoms with Crippen molar-refractivity contribution in [3.8, 4) is 0 Å². The zero-order valence-electron chi connectivity index (χ0n) is 22.7. The van der Waals surface area contributed by atoms with E-state index in [0.29, 0.717) is 14.6 Å². The van der Waals surface area contributed by atoms with E-state index in [2.05, 4.69) is 9.97 Å². The molecule has 0 saturated carbocycles. The van der Waals surface area contributed by atoms with E-state index in [0.717, 1.165) is 11.6 Å². The van der Waals surface area contributed by atoms with Crippen LogP contribution in [-0.4, -0.2) is 70.0 Å². The number of nitrogens with zero attached hydrogens (tertiary/aromatic N) is 4. The van der Waals surface area contributed by atoms with Crippen LogP contribution in [0.3, 0.4) is 0 Å². The highest BCUT2D eigenvalue weighted by atomic mass is 32.2. The SMILES string of the molecule is CC(C)(C)OC(=O)N(CCN(C(=O)OC(C)(C)C)S(=O)(=O)c1ccc2ccccc2c1)C(=O)c1cnccn1. The Bertz CT molecular complexity index is 1460. The third-order valence-electron chi connectivity index (χ3n) is 5.07. The minimum atomic E-state index is -4.47. The van der Waals surface area contributed by atoms with Gasteiger partial charge in [-0.1, -0.05) is 30.3 Å². The zero-order valence-corrected chi connectivity index (χ0v) is 23.6. The first-order chi connectivity index (χ1) is 18.1. The summed E-state index contributed by atoms with van der Waals surface area (Å²) in [6, 6.07) is 11.6. The van der Waals surface area contributed by atoms with Gasteiger partial charge < -0.3 is 9.47 Å². The molecule has 0 saturated heterocycles. The Kier molecular flexibility index (Phi) is 8.59. The number of carbonyl (C=O) groups excluding carboxylic acids is 3. The van der Waals surface area contributed by atoms with Crippen molar-refractivity contribution in [2.24, 2.45) is 0 Å². The summed E-state index contributed by atoms with van der Waals surface area (Å²) in [6.07, 6.45) is 1.60. The summed E-state index contributed by atoms with van der Waals surface area (Å²) in [5.41, 5.74) is -2.14. The molecule has 0 bridgehead atoms. The predicted molar refractivity (Wildman–Crippen MR) is 143 cm³/mol. The van der Waals surface area contributed by atoms with Gasteiger partial charge in [-0.15, -0.1) is 0 Å². The van der Waals surface area contributed by atoms with Crippen LogP contribution in [-0.2, 0) is 19.5 Å². The fourth-order valence-electron chi connectivity index (χ4n) is 3.41. The Hall–Kier alpha value is -4.06. The number of benzene rings is 2. The van der Waals surface area contributed by atoms with Crippen molar-refractivity contribution in [2.75, 3.05) is 13.1 Å². The van der Waals surface area contributed by atoms with E-state index in [4.69, 9.17) is 9.47 Å². The van der Waals surface area contributed by atoms with E-state index in [-0.39, 0.29) is 10.6 Å². The van der Waals surface area contributed by atoms with Gasteiger partial charge >= 0.3 is 12.2 Å². The molecule has 0 fully saturated rings. The molecule has 39 heavy (non-hydrogen) atoms. The van der Waals surface area contributed by atoms with Crippen LogP contribution < -0.4 is 0 Å². The van der Waals surface area contributed by atoms with Crippen LogP contribution in [0.25, 0.3) is 10.8 Å². The largest absolute Gasteiger partial charge is 0.443 e. The van der Waals surface area contributed by atoms with Crippen LogP contribution in [0.1, 0.15) is 52.0 Å². The van der Waals surface area contributed by atoms with Crippen molar-refractivity contribution in [1.29, 1.82) is 0 Å². The Morgan fingerprint density at radius 2 is 1.44 bits per heavy atom. The topological polar surface area (TPSA) is 136 Å². The van der Waals surface area contributed by atoms with E-state index in [1.165, 1.54) is 24.5 Å². The molecule has 0 N–H and O–H groups in total. The van der Waals surface area contributed by atoms with E-state index in [1.54, 1.807) is 59.7 Å². The molecule has 0 aliphatic heterocycles. The van der Waals surface area contributed by atoms with Gasteiger partial charge in [0, 0.05) is 12.4 Å². The van der Waals surface area contributed by atoms with Crippen molar-refractivity contribution < 1.29 is 32.3 Å². The summed E-state index contributed by atoms with van der Waals surface area (Å²) in [5.74, 6) is -0.871. The fourth-order valence-corrected chi connectivity index (χ4v) is 4.73. The highest BCUT2D eigenvalue weighted by Gasteiger charge is 2.36. The van der Waals surface area contributed by atoms with E-state index >= 15 is 0 Å². The van der Waals surface area contributed by atoms with Gasteiger partial charge in [0.25, 0.3) is 15.9 Å². The molecule has 3 aromatic rings. The number of imide groups is 1. The maximum absolute atomic E-state index is 13.7. The van der Waals surface area contributed by atoms with Gasteiger partial charge in [0.15, 0.2) is 0 Å². The lowest BCUT2D eigenvalue weighted by atomic mass is 10.1. The minimum absolute atomic E-state index is 0.156. The van der Waals surface area contributed by atoms with Gasteiger partial charge in [-0.2, -0.15) is 4.31 Å². The lowest BCUT2D eigenvalue weighted by molar-refractivity contribution is 0.0199. The van der Waals surface area contributed by atoms with Crippen LogP contribution >= 0.6 is 0 Å². The first-order valence-electron chi connectivity index (χ1n) is 12.1. The molecule has 3 amide bonds. The normalized spacial score (nSPS) is 12.1. The first-order valence-corrected chi connectivity index (χ1v) is 13.6. The maximum Gasteiger partial charge on any atom is 0.424 e. The van der Waals surface area contributed by atoms with E-state index in [1.807, 2.05) is 12.1 Å². The molecule has 12 heteroatoms. The number of sulfonamides is 1. The highest BCUT2D eigenvalue weighted by molar-refractivity contribution is 7.89. The van der Waals surface area contributed by atoms with Crippen molar-refractivity contribution in [2.45, 2.75) is 57.6 Å². The molecule has 0 unspecified atom stereocenters. The Morgan fingerprint density at radius 1 is 0.821 bits per heavy atom. The average Bonchev–Trinajstić information content (AvgIpc) is 2.84. The van der Waals surface area contributed by atoms with Gasteiger partial charge in [-0.05, 0) is 64.4 Å². The fraction of sp³-hybridized carbons (Fsp3) is 0.370. The molecule has 3 rings (SSSR count). The van der Waals surface area contributed by atoms with Crippen LogP contribution in [0.2, 0.25) is 0 Å². The maximum atomic E-state index is 13.7. The van der Waals surface area contributed by atoms with Crippen molar-refractivity contribution in [3.63, 3.8) is 0 Å². The standard InChI is InChI=1S/C27H32N4O7S/c1-26(2,3)37-24(33)30(23(32)22-18-28-13-14-29-22)15-16-31(25(34)38-27(4,5)6)39(35,36)21-12-11-19-9-7-8-10-20(19)17-21/h7-14,17-18H,15-16H2,1-6H3. The zero-order chi connectivity index (χ0) is 29.0. The second-order valence-electron chi connectivity index (χ2n) is 10.6. The molecule has 0 aliphatic rings. The van der Waals surface area contributed by atoms with Crippen molar-refractivity contribution in [1.82, 2.24) is 19.2 Å². The van der Waals surface area contributed by atoms with Gasteiger partial charge in [0.1, 0.15) is 16.9 Å². The number of aromatic nitrogens is 2. The summed E-state index contributed by atoms with van der Waals surface area (Å²) in [6.45, 7) is 8.50. The summed E-state index contributed by atoms with van der Waals surface area (Å²) in [4.78, 5) is 47.7. The molecule has 0 radical (unpaired) electrons.